The average Bonchev–Trinajstić information content (AvgIpc) is 2.93. The molecule has 2 N–H and O–H groups in total. The summed E-state index contributed by atoms with van der Waals surface area (Å²) >= 11 is 0. The number of nitrogen functional groups attached to an aromatic ring is 1. The van der Waals surface area contributed by atoms with Crippen molar-refractivity contribution in [1.82, 2.24) is 0 Å². The third-order valence-electron chi connectivity index (χ3n) is 2.46. The van der Waals surface area contributed by atoms with Crippen LogP contribution in [0.15, 0.2) is 18.2 Å². The molecule has 1 fully saturated rings. The van der Waals surface area contributed by atoms with E-state index < -0.39 is 5.82 Å². The minimum absolute atomic E-state index is 0.127. The molecule has 2 nitrogen and oxygen atoms in total. The highest BCUT2D eigenvalue weighted by atomic mass is 19.1. The van der Waals surface area contributed by atoms with Crippen LogP contribution in [0.2, 0.25) is 0 Å². The third-order valence-corrected chi connectivity index (χ3v) is 2.46. The fourth-order valence-corrected chi connectivity index (χ4v) is 1.45. The van der Waals surface area contributed by atoms with Gasteiger partial charge in [0.1, 0.15) is 5.82 Å². The van der Waals surface area contributed by atoms with Gasteiger partial charge in [-0.05, 0) is 37.0 Å². The van der Waals surface area contributed by atoms with Crippen LogP contribution in [-0.4, -0.2) is 5.78 Å². The highest BCUT2D eigenvalue weighted by Crippen LogP contribution is 2.33. The van der Waals surface area contributed by atoms with E-state index in [2.05, 4.69) is 0 Å². The molecule has 3 heteroatoms. The van der Waals surface area contributed by atoms with Gasteiger partial charge in [-0.1, -0.05) is 0 Å². The van der Waals surface area contributed by atoms with Gasteiger partial charge < -0.3 is 5.73 Å². The second-order valence-electron chi connectivity index (χ2n) is 3.81. The molecule has 1 saturated carbocycles. The lowest BCUT2D eigenvalue weighted by Crippen LogP contribution is -2.04. The average molecular weight is 193 g/mol. The van der Waals surface area contributed by atoms with Crippen LogP contribution in [0.1, 0.15) is 29.6 Å². The SMILES string of the molecule is Nc1ccc(F)c(C(=O)CC2CC2)c1. The maximum atomic E-state index is 13.2. The van der Waals surface area contributed by atoms with Gasteiger partial charge in [-0.15, -0.1) is 0 Å². The van der Waals surface area contributed by atoms with Crippen molar-refractivity contribution in [3.8, 4) is 0 Å². The van der Waals surface area contributed by atoms with Crippen LogP contribution in [0.4, 0.5) is 10.1 Å². The lowest BCUT2D eigenvalue weighted by Gasteiger charge is -2.02. The van der Waals surface area contributed by atoms with Gasteiger partial charge >= 0.3 is 0 Å². The molecule has 0 heterocycles. The van der Waals surface area contributed by atoms with Crippen LogP contribution in [0.5, 0.6) is 0 Å². The molecule has 0 aromatic heterocycles. The van der Waals surface area contributed by atoms with Crippen LogP contribution >= 0.6 is 0 Å². The monoisotopic (exact) mass is 193 g/mol. The van der Waals surface area contributed by atoms with Gasteiger partial charge in [0.25, 0.3) is 0 Å². The fourth-order valence-electron chi connectivity index (χ4n) is 1.45. The molecule has 0 spiro atoms. The Labute approximate surface area is 81.9 Å². The number of halogens is 1. The summed E-state index contributed by atoms with van der Waals surface area (Å²) in [7, 11) is 0. The second kappa shape index (κ2) is 3.40. The summed E-state index contributed by atoms with van der Waals surface area (Å²) in [5.74, 6) is -0.120. The van der Waals surface area contributed by atoms with Crippen molar-refractivity contribution in [2.75, 3.05) is 5.73 Å². The number of nitrogens with two attached hydrogens (primary N) is 1. The molecule has 74 valence electrons. The largest absolute Gasteiger partial charge is 0.399 e. The zero-order chi connectivity index (χ0) is 10.1. The Morgan fingerprint density at radius 1 is 1.50 bits per heavy atom. The van der Waals surface area contributed by atoms with Gasteiger partial charge in [0.2, 0.25) is 0 Å². The summed E-state index contributed by atoms with van der Waals surface area (Å²) in [6.45, 7) is 0. The molecule has 0 aliphatic heterocycles. The smallest absolute Gasteiger partial charge is 0.166 e. The quantitative estimate of drug-likeness (QED) is 0.591. The predicted octanol–water partition coefficient (Wildman–Crippen LogP) is 2.39. The first-order valence-electron chi connectivity index (χ1n) is 4.75. The Hall–Kier alpha value is -1.38. The van der Waals surface area contributed by atoms with E-state index >= 15 is 0 Å². The zero-order valence-electron chi connectivity index (χ0n) is 7.79. The Morgan fingerprint density at radius 3 is 2.86 bits per heavy atom. The molecular weight excluding hydrogens is 181 g/mol. The lowest BCUT2D eigenvalue weighted by molar-refractivity contribution is 0.0972. The summed E-state index contributed by atoms with van der Waals surface area (Å²) in [6.07, 6.45) is 2.64. The minimum Gasteiger partial charge on any atom is -0.399 e. The number of hydrogen-bond acceptors (Lipinski definition) is 2. The van der Waals surface area contributed by atoms with E-state index in [0.717, 1.165) is 12.8 Å². The highest BCUT2D eigenvalue weighted by molar-refractivity contribution is 5.97. The molecule has 0 atom stereocenters. The lowest BCUT2D eigenvalue weighted by atomic mass is 10.0. The Morgan fingerprint density at radius 2 is 2.21 bits per heavy atom. The van der Waals surface area contributed by atoms with Crippen molar-refractivity contribution < 1.29 is 9.18 Å². The van der Waals surface area contributed by atoms with Crippen molar-refractivity contribution in [2.24, 2.45) is 5.92 Å². The van der Waals surface area contributed by atoms with Crippen molar-refractivity contribution in [2.45, 2.75) is 19.3 Å². The maximum absolute atomic E-state index is 13.2. The summed E-state index contributed by atoms with van der Waals surface area (Å²) in [4.78, 5) is 11.6. The molecule has 0 saturated heterocycles. The molecule has 0 radical (unpaired) electrons. The van der Waals surface area contributed by atoms with Crippen molar-refractivity contribution in [3.05, 3.63) is 29.6 Å². The highest BCUT2D eigenvalue weighted by Gasteiger charge is 2.26. The summed E-state index contributed by atoms with van der Waals surface area (Å²) in [6, 6.07) is 4.12. The van der Waals surface area contributed by atoms with Gasteiger partial charge in [-0.2, -0.15) is 0 Å². The molecule has 0 bridgehead atoms. The first kappa shape index (κ1) is 9.19. The topological polar surface area (TPSA) is 43.1 Å². The van der Waals surface area contributed by atoms with Crippen LogP contribution in [0, 0.1) is 11.7 Å². The molecule has 1 aliphatic rings. The van der Waals surface area contributed by atoms with Gasteiger partial charge in [0, 0.05) is 12.1 Å². The number of hydrogen-bond donors (Lipinski definition) is 1. The Kier molecular flexibility index (Phi) is 2.23. The molecule has 0 unspecified atom stereocenters. The number of rotatable bonds is 3. The van der Waals surface area contributed by atoms with E-state index in [4.69, 9.17) is 5.73 Å². The molecule has 14 heavy (non-hydrogen) atoms. The first-order chi connectivity index (χ1) is 6.66. The minimum atomic E-state index is -0.468. The number of anilines is 1. The summed E-state index contributed by atoms with van der Waals surface area (Å²) in [5, 5.41) is 0. The van der Waals surface area contributed by atoms with Crippen LogP contribution < -0.4 is 5.73 Å². The van der Waals surface area contributed by atoms with Gasteiger partial charge in [0.05, 0.1) is 5.56 Å². The molecule has 1 aromatic carbocycles. The van der Waals surface area contributed by atoms with Crippen LogP contribution in [-0.2, 0) is 0 Å². The van der Waals surface area contributed by atoms with E-state index in [0.29, 0.717) is 18.0 Å². The maximum Gasteiger partial charge on any atom is 0.166 e. The number of carbonyl (C=O) groups is 1. The van der Waals surface area contributed by atoms with Crippen molar-refractivity contribution in [1.29, 1.82) is 0 Å². The predicted molar refractivity (Wildman–Crippen MR) is 52.5 cm³/mol. The van der Waals surface area contributed by atoms with Crippen LogP contribution in [0.25, 0.3) is 0 Å². The fraction of sp³-hybridized carbons (Fsp3) is 0.364. The van der Waals surface area contributed by atoms with Crippen molar-refractivity contribution >= 4 is 11.5 Å². The van der Waals surface area contributed by atoms with Gasteiger partial charge in [-0.3, -0.25) is 4.79 Å². The summed E-state index contributed by atoms with van der Waals surface area (Å²) in [5.41, 5.74) is 6.06. The Balaban J connectivity index is 2.20. The third kappa shape index (κ3) is 1.92. The molecule has 1 aromatic rings. The number of Topliss-reactive ketones (excluding diaryl/α,β-unsaturated/α-hetero) is 1. The normalized spacial score (nSPS) is 15.5. The molecule has 2 rings (SSSR count). The molecule has 1 aliphatic carbocycles. The van der Waals surface area contributed by atoms with E-state index in [-0.39, 0.29) is 11.3 Å². The van der Waals surface area contributed by atoms with E-state index in [9.17, 15) is 9.18 Å². The van der Waals surface area contributed by atoms with Crippen LogP contribution in [0.3, 0.4) is 0 Å². The van der Waals surface area contributed by atoms with E-state index in [1.165, 1.54) is 18.2 Å². The Bertz CT molecular complexity index is 372. The summed E-state index contributed by atoms with van der Waals surface area (Å²) < 4.78 is 13.2. The van der Waals surface area contributed by atoms with E-state index in [1.54, 1.807) is 0 Å². The molecule has 0 amide bonds. The van der Waals surface area contributed by atoms with Gasteiger partial charge in [-0.25, -0.2) is 4.39 Å². The number of benzene rings is 1. The molecular formula is C11H12FNO. The zero-order valence-corrected chi connectivity index (χ0v) is 7.79. The second-order valence-corrected chi connectivity index (χ2v) is 3.81. The standard InChI is InChI=1S/C11H12FNO/c12-10-4-3-8(13)6-9(10)11(14)5-7-1-2-7/h3-4,6-7H,1-2,5,13H2. The van der Waals surface area contributed by atoms with E-state index in [1.807, 2.05) is 0 Å². The number of carbonyl (C=O) groups excluding carboxylic acids is 1. The first-order valence-corrected chi connectivity index (χ1v) is 4.75. The van der Waals surface area contributed by atoms with Crippen molar-refractivity contribution in [3.63, 3.8) is 0 Å². The van der Waals surface area contributed by atoms with Gasteiger partial charge in [0.15, 0.2) is 5.78 Å². The number of ketones is 1.